The maximum atomic E-state index is 11.8. The summed E-state index contributed by atoms with van der Waals surface area (Å²) in [6.45, 7) is -0.0127. The largest absolute Gasteiger partial charge is 0.452 e. The van der Waals surface area contributed by atoms with Crippen molar-refractivity contribution in [3.63, 3.8) is 0 Å². The highest BCUT2D eigenvalue weighted by Gasteiger charge is 2.06. The first-order valence-corrected chi connectivity index (χ1v) is 9.54. The molecule has 3 aromatic rings. The summed E-state index contributed by atoms with van der Waals surface area (Å²) in [5.41, 5.74) is 2.88. The van der Waals surface area contributed by atoms with E-state index in [1.807, 2.05) is 24.3 Å². The van der Waals surface area contributed by atoms with E-state index in [4.69, 9.17) is 27.9 Å². The smallest absolute Gasteiger partial charge is 0.331 e. The van der Waals surface area contributed by atoms with Gasteiger partial charge in [0.05, 0.1) is 22.9 Å². The van der Waals surface area contributed by atoms with E-state index in [1.54, 1.807) is 24.4 Å². The summed E-state index contributed by atoms with van der Waals surface area (Å²) in [5, 5.41) is 3.76. The molecule has 0 aliphatic heterocycles. The summed E-state index contributed by atoms with van der Waals surface area (Å²) >= 11 is 11.9. The van der Waals surface area contributed by atoms with E-state index in [-0.39, 0.29) is 6.61 Å². The number of para-hydroxylation sites is 2. The molecule has 0 atom stereocenters. The van der Waals surface area contributed by atoms with Gasteiger partial charge in [0.2, 0.25) is 0 Å². The Morgan fingerprint density at radius 1 is 1.10 bits per heavy atom. The third-order valence-electron chi connectivity index (χ3n) is 3.93. The fraction of sp³-hybridized carbons (Fsp3) is 0.143. The van der Waals surface area contributed by atoms with Gasteiger partial charge in [0.15, 0.2) is 6.61 Å². The van der Waals surface area contributed by atoms with Crippen LogP contribution in [0.2, 0.25) is 10.0 Å². The van der Waals surface area contributed by atoms with E-state index in [1.165, 1.54) is 12.2 Å². The minimum atomic E-state index is -0.643. The zero-order valence-electron chi connectivity index (χ0n) is 15.3. The Morgan fingerprint density at radius 2 is 1.90 bits per heavy atom. The topological polar surface area (TPSA) is 81.2 Å². The Hall–Kier alpha value is -2.96. The Balaban J connectivity index is 1.42. The molecule has 148 valence electrons. The molecule has 0 saturated heterocycles. The van der Waals surface area contributed by atoms with Crippen LogP contribution in [0.4, 0.5) is 0 Å². The average molecular weight is 430 g/mol. The van der Waals surface area contributed by atoms with Crippen molar-refractivity contribution in [1.82, 2.24) is 15.3 Å². The van der Waals surface area contributed by atoms with Crippen molar-refractivity contribution in [2.75, 3.05) is 13.2 Å². The van der Waals surface area contributed by atoms with Gasteiger partial charge in [-0.25, -0.2) is 9.78 Å². The quantitative estimate of drug-likeness (QED) is 0.455. The fourth-order valence-electron chi connectivity index (χ4n) is 2.50. The zero-order chi connectivity index (χ0) is 20.6. The molecule has 8 heteroatoms. The monoisotopic (exact) mass is 429 g/mol. The summed E-state index contributed by atoms with van der Waals surface area (Å²) in [6.07, 6.45) is 4.79. The van der Waals surface area contributed by atoms with Gasteiger partial charge in [0.1, 0.15) is 0 Å². The normalized spacial score (nSPS) is 11.0. The van der Waals surface area contributed by atoms with Gasteiger partial charge in [-0.3, -0.25) is 9.78 Å². The molecule has 1 aromatic heterocycles. The molecule has 0 spiro atoms. The van der Waals surface area contributed by atoms with E-state index in [2.05, 4.69) is 15.3 Å². The summed E-state index contributed by atoms with van der Waals surface area (Å²) < 4.78 is 4.93. The number of nitrogens with zero attached hydrogens (tertiary/aromatic N) is 2. The number of carbonyl (C=O) groups excluding carboxylic acids is 2. The first kappa shape index (κ1) is 20.8. The standard InChI is InChI=1S/C21H17Cl2N3O3/c22-15-6-5-14(17(23)11-15)9-10-24-20(27)13-29-21(28)8-7-16-12-25-18-3-1-2-4-19(18)26-16/h1-8,11-12H,9-10,13H2,(H,24,27)/b8-7+. The number of carbonyl (C=O) groups is 2. The number of amides is 1. The lowest BCUT2D eigenvalue weighted by molar-refractivity contribution is -0.143. The van der Waals surface area contributed by atoms with Gasteiger partial charge in [-0.2, -0.15) is 0 Å². The van der Waals surface area contributed by atoms with Crippen molar-refractivity contribution in [2.45, 2.75) is 6.42 Å². The maximum Gasteiger partial charge on any atom is 0.331 e. The van der Waals surface area contributed by atoms with Crippen molar-refractivity contribution >= 4 is 52.2 Å². The average Bonchev–Trinajstić information content (AvgIpc) is 2.72. The molecule has 0 aliphatic carbocycles. The van der Waals surface area contributed by atoms with Gasteiger partial charge in [0, 0.05) is 22.7 Å². The highest BCUT2D eigenvalue weighted by molar-refractivity contribution is 6.35. The Kier molecular flexibility index (Phi) is 7.16. The Bertz CT molecular complexity index is 1070. The van der Waals surface area contributed by atoms with Gasteiger partial charge < -0.3 is 10.1 Å². The number of hydrogen-bond donors (Lipinski definition) is 1. The molecule has 6 nitrogen and oxygen atoms in total. The number of hydrogen-bond acceptors (Lipinski definition) is 5. The molecule has 0 aliphatic rings. The van der Waals surface area contributed by atoms with Crippen LogP contribution in [0.1, 0.15) is 11.3 Å². The van der Waals surface area contributed by atoms with Crippen LogP contribution in [0.25, 0.3) is 17.1 Å². The molecule has 0 fully saturated rings. The fourth-order valence-corrected chi connectivity index (χ4v) is 3.01. The van der Waals surface area contributed by atoms with Gasteiger partial charge in [0.25, 0.3) is 5.91 Å². The Labute approximate surface area is 177 Å². The van der Waals surface area contributed by atoms with Gasteiger partial charge in [-0.1, -0.05) is 41.4 Å². The predicted octanol–water partition coefficient (Wildman–Crippen LogP) is 3.85. The van der Waals surface area contributed by atoms with E-state index in [9.17, 15) is 9.59 Å². The summed E-state index contributed by atoms with van der Waals surface area (Å²) in [6, 6.07) is 12.6. The second kappa shape index (κ2) is 10.0. The van der Waals surface area contributed by atoms with Crippen LogP contribution < -0.4 is 5.32 Å². The van der Waals surface area contributed by atoms with Crippen molar-refractivity contribution in [1.29, 1.82) is 0 Å². The molecule has 0 saturated carbocycles. The lowest BCUT2D eigenvalue weighted by Crippen LogP contribution is -2.30. The summed E-state index contributed by atoms with van der Waals surface area (Å²) in [7, 11) is 0. The number of ether oxygens (including phenoxy) is 1. The minimum absolute atomic E-state index is 0.361. The highest BCUT2D eigenvalue weighted by Crippen LogP contribution is 2.21. The number of benzene rings is 2. The third kappa shape index (κ3) is 6.27. The molecule has 0 bridgehead atoms. The van der Waals surface area contributed by atoms with Crippen molar-refractivity contribution in [3.05, 3.63) is 76.0 Å². The maximum absolute atomic E-state index is 11.8. The highest BCUT2D eigenvalue weighted by atomic mass is 35.5. The summed E-state index contributed by atoms with van der Waals surface area (Å²) in [4.78, 5) is 32.2. The predicted molar refractivity (Wildman–Crippen MR) is 113 cm³/mol. The molecule has 1 amide bonds. The van der Waals surface area contributed by atoms with Crippen LogP contribution in [-0.2, 0) is 20.7 Å². The van der Waals surface area contributed by atoms with Gasteiger partial charge in [-0.05, 0) is 42.3 Å². The molecule has 0 unspecified atom stereocenters. The van der Waals surface area contributed by atoms with Crippen LogP contribution in [0.3, 0.4) is 0 Å². The van der Waals surface area contributed by atoms with Crippen molar-refractivity contribution in [2.24, 2.45) is 0 Å². The molecule has 29 heavy (non-hydrogen) atoms. The molecule has 2 aromatic carbocycles. The van der Waals surface area contributed by atoms with E-state index < -0.39 is 11.9 Å². The third-order valence-corrected chi connectivity index (χ3v) is 4.52. The number of esters is 1. The first-order chi connectivity index (χ1) is 14.0. The lowest BCUT2D eigenvalue weighted by atomic mass is 10.1. The van der Waals surface area contributed by atoms with Crippen LogP contribution in [0.15, 0.2) is 54.7 Å². The second-order valence-corrected chi connectivity index (χ2v) is 6.90. The number of fused-ring (bicyclic) bond motifs is 1. The second-order valence-electron chi connectivity index (χ2n) is 6.06. The first-order valence-electron chi connectivity index (χ1n) is 8.78. The molecule has 0 radical (unpaired) electrons. The molecular formula is C21H17Cl2N3O3. The number of halogens is 2. The van der Waals surface area contributed by atoms with Crippen LogP contribution in [0, 0.1) is 0 Å². The lowest BCUT2D eigenvalue weighted by Gasteiger charge is -2.07. The number of rotatable bonds is 7. The molecular weight excluding hydrogens is 413 g/mol. The molecule has 1 heterocycles. The zero-order valence-corrected chi connectivity index (χ0v) is 16.8. The van der Waals surface area contributed by atoms with Crippen LogP contribution in [-0.4, -0.2) is 35.0 Å². The number of aromatic nitrogens is 2. The van der Waals surface area contributed by atoms with E-state index in [0.717, 1.165) is 16.6 Å². The van der Waals surface area contributed by atoms with Crippen LogP contribution in [0.5, 0.6) is 0 Å². The SMILES string of the molecule is O=C(COC(=O)/C=C/c1cnc2ccccc2n1)NCCc1ccc(Cl)cc1Cl. The van der Waals surface area contributed by atoms with E-state index in [0.29, 0.717) is 28.7 Å². The summed E-state index contributed by atoms with van der Waals surface area (Å²) in [5.74, 6) is -1.04. The Morgan fingerprint density at radius 3 is 2.69 bits per heavy atom. The van der Waals surface area contributed by atoms with E-state index >= 15 is 0 Å². The van der Waals surface area contributed by atoms with Crippen molar-refractivity contribution < 1.29 is 14.3 Å². The molecule has 3 rings (SSSR count). The van der Waals surface area contributed by atoms with Crippen LogP contribution >= 0.6 is 23.2 Å². The minimum Gasteiger partial charge on any atom is -0.452 e. The van der Waals surface area contributed by atoms with Gasteiger partial charge >= 0.3 is 5.97 Å². The number of nitrogens with one attached hydrogen (secondary N) is 1. The van der Waals surface area contributed by atoms with Gasteiger partial charge in [-0.15, -0.1) is 0 Å². The molecule has 1 N–H and O–H groups in total. The van der Waals surface area contributed by atoms with Crippen molar-refractivity contribution in [3.8, 4) is 0 Å².